The zero-order valence-electron chi connectivity index (χ0n) is 24.1. The molecule has 0 radical (unpaired) electrons. The van der Waals surface area contributed by atoms with E-state index in [2.05, 4.69) is 54.7 Å². The van der Waals surface area contributed by atoms with Crippen molar-refractivity contribution in [2.75, 3.05) is 0 Å². The van der Waals surface area contributed by atoms with Crippen LogP contribution in [0.15, 0.2) is 25.3 Å². The molecule has 0 unspecified atom stereocenters. The molecule has 0 heterocycles. The highest BCUT2D eigenvalue weighted by Crippen LogP contribution is 2.04. The molecule has 0 aromatic carbocycles. The van der Waals surface area contributed by atoms with E-state index in [0.717, 1.165) is 0 Å². The van der Waals surface area contributed by atoms with Crippen molar-refractivity contribution >= 4 is 0 Å². The predicted octanol–water partition coefficient (Wildman–Crippen LogP) is 13.0. The topological polar surface area (TPSA) is 0 Å². The fraction of sp³-hybridized carbons (Fsp3) is 0.875. The molecule has 0 heteroatoms. The van der Waals surface area contributed by atoms with Gasteiger partial charge in [-0.05, 0) is 25.7 Å². The molecule has 0 N–H and O–H groups in total. The van der Waals surface area contributed by atoms with E-state index < -0.39 is 0 Å². The van der Waals surface area contributed by atoms with Gasteiger partial charge < -0.3 is 0 Å². The molecule has 0 aliphatic carbocycles. The summed E-state index contributed by atoms with van der Waals surface area (Å²) in [6.07, 6.45) is 34.2. The summed E-state index contributed by atoms with van der Waals surface area (Å²) in [7, 11) is 0. The third kappa shape index (κ3) is 63.0. The van der Waals surface area contributed by atoms with E-state index in [4.69, 9.17) is 0 Å². The Bertz CT molecular complexity index is 225. The second-order valence-electron chi connectivity index (χ2n) is 9.10. The summed E-state index contributed by atoms with van der Waals surface area (Å²) >= 11 is 0. The molecule has 0 aromatic heterocycles. The fourth-order valence-corrected chi connectivity index (χ4v) is 3.14. The highest BCUT2D eigenvalue weighted by Gasteiger charge is 1.84. The molecular formula is C32H68. The molecule has 196 valence electrons. The minimum absolute atomic E-state index is 1.19. The minimum Gasteiger partial charge on any atom is -0.103 e. The molecule has 0 saturated carbocycles. The highest BCUT2D eigenvalue weighted by molar-refractivity contribution is 4.65. The van der Waals surface area contributed by atoms with Gasteiger partial charge in [0.15, 0.2) is 0 Å². The van der Waals surface area contributed by atoms with Crippen LogP contribution in [0.3, 0.4) is 0 Å². The molecule has 32 heavy (non-hydrogen) atoms. The summed E-state index contributed by atoms with van der Waals surface area (Å²) in [5.74, 6) is 0. The Morgan fingerprint density at radius 2 is 0.500 bits per heavy atom. The number of hydrogen-bond acceptors (Lipinski definition) is 0. The molecule has 0 amide bonds. The van der Waals surface area contributed by atoms with Crippen LogP contribution in [0.25, 0.3) is 0 Å². The van der Waals surface area contributed by atoms with Crippen LogP contribution >= 0.6 is 0 Å². The van der Waals surface area contributed by atoms with Crippen molar-refractivity contribution in [3.63, 3.8) is 0 Å². The van der Waals surface area contributed by atoms with Crippen LogP contribution in [0.1, 0.15) is 183 Å². The first-order valence-electron chi connectivity index (χ1n) is 14.9. The van der Waals surface area contributed by atoms with Crippen LogP contribution in [-0.4, -0.2) is 0 Å². The zero-order valence-corrected chi connectivity index (χ0v) is 24.1. The minimum atomic E-state index is 1.19. The van der Waals surface area contributed by atoms with Gasteiger partial charge in [-0.25, -0.2) is 0 Å². The first-order valence-corrected chi connectivity index (χ1v) is 14.9. The Morgan fingerprint density at radius 3 is 0.656 bits per heavy atom. The lowest BCUT2D eigenvalue weighted by atomic mass is 10.1. The summed E-state index contributed by atoms with van der Waals surface area (Å²) in [6.45, 7) is 20.8. The van der Waals surface area contributed by atoms with Gasteiger partial charge in [-0.2, -0.15) is 0 Å². The summed E-state index contributed by atoms with van der Waals surface area (Å²) in [5.41, 5.74) is 0. The van der Waals surface area contributed by atoms with E-state index in [0.29, 0.717) is 0 Å². The van der Waals surface area contributed by atoms with Gasteiger partial charge >= 0.3 is 0 Å². The van der Waals surface area contributed by atoms with E-state index in [1.54, 1.807) is 0 Å². The maximum atomic E-state index is 3.66. The molecule has 0 fully saturated rings. The first kappa shape index (κ1) is 38.7. The van der Waals surface area contributed by atoms with Crippen LogP contribution in [-0.2, 0) is 0 Å². The van der Waals surface area contributed by atoms with E-state index >= 15 is 0 Å². The molecule has 0 aliphatic heterocycles. The number of hydrogen-bond donors (Lipinski definition) is 0. The van der Waals surface area contributed by atoms with Crippen LogP contribution in [0.2, 0.25) is 0 Å². The van der Waals surface area contributed by atoms with Crippen molar-refractivity contribution in [2.45, 2.75) is 183 Å². The molecule has 0 spiro atoms. The van der Waals surface area contributed by atoms with Crippen molar-refractivity contribution in [3.05, 3.63) is 25.3 Å². The van der Waals surface area contributed by atoms with Crippen molar-refractivity contribution in [3.8, 4) is 0 Å². The normalized spacial score (nSPS) is 9.44. The Balaban J connectivity index is -0.000000163. The highest BCUT2D eigenvalue weighted by atomic mass is 13.9. The number of rotatable bonds is 20. The van der Waals surface area contributed by atoms with E-state index in [1.165, 1.54) is 141 Å². The SMILES string of the molecule is C=CCCCCCC.C=CCCCCCC.CCCCCCCC.CCCCCCCC. The molecule has 0 nitrogen and oxygen atoms in total. The van der Waals surface area contributed by atoms with Gasteiger partial charge in [-0.3, -0.25) is 0 Å². The summed E-state index contributed by atoms with van der Waals surface area (Å²) in [6, 6.07) is 0. The maximum Gasteiger partial charge on any atom is -0.0353 e. The van der Waals surface area contributed by atoms with Crippen LogP contribution in [0.4, 0.5) is 0 Å². The monoisotopic (exact) mass is 453 g/mol. The van der Waals surface area contributed by atoms with E-state index in [1.807, 2.05) is 12.2 Å². The maximum absolute atomic E-state index is 3.66. The van der Waals surface area contributed by atoms with Crippen molar-refractivity contribution < 1.29 is 0 Å². The molecule has 0 atom stereocenters. The predicted molar refractivity (Wildman–Crippen MR) is 156 cm³/mol. The molecule has 0 aromatic rings. The average molecular weight is 453 g/mol. The molecule has 0 saturated heterocycles. The average Bonchev–Trinajstić information content (AvgIpc) is 2.82. The first-order chi connectivity index (χ1) is 15.7. The smallest absolute Gasteiger partial charge is 0.0353 e. The fourth-order valence-electron chi connectivity index (χ4n) is 3.14. The van der Waals surface area contributed by atoms with E-state index in [9.17, 15) is 0 Å². The Kier molecular flexibility index (Phi) is 58.2. The van der Waals surface area contributed by atoms with Crippen LogP contribution in [0, 0.1) is 0 Å². The quantitative estimate of drug-likeness (QED) is 0.127. The standard InChI is InChI=1S/2C8H18.2C8H16/c4*1-3-5-7-8-6-4-2/h2*3-8H2,1-2H3;2*3H,1,4-8H2,2H3. The largest absolute Gasteiger partial charge is 0.103 e. The van der Waals surface area contributed by atoms with Crippen molar-refractivity contribution in [1.29, 1.82) is 0 Å². The lowest BCUT2D eigenvalue weighted by molar-refractivity contribution is 0.624. The zero-order chi connectivity index (χ0) is 25.0. The van der Waals surface area contributed by atoms with Gasteiger partial charge in [0.2, 0.25) is 0 Å². The van der Waals surface area contributed by atoms with E-state index in [-0.39, 0.29) is 0 Å². The molecule has 0 rings (SSSR count). The second kappa shape index (κ2) is 48.0. The van der Waals surface area contributed by atoms with Gasteiger partial charge in [0.25, 0.3) is 0 Å². The third-order valence-electron chi connectivity index (χ3n) is 5.44. The van der Waals surface area contributed by atoms with Gasteiger partial charge in [-0.15, -0.1) is 13.2 Å². The van der Waals surface area contributed by atoms with Crippen molar-refractivity contribution in [1.82, 2.24) is 0 Å². The molecule has 0 bridgehead atoms. The van der Waals surface area contributed by atoms with Gasteiger partial charge in [0.1, 0.15) is 0 Å². The van der Waals surface area contributed by atoms with Gasteiger partial charge in [0, 0.05) is 0 Å². The van der Waals surface area contributed by atoms with Crippen molar-refractivity contribution in [2.24, 2.45) is 0 Å². The van der Waals surface area contributed by atoms with Crippen LogP contribution < -0.4 is 0 Å². The second-order valence-corrected chi connectivity index (χ2v) is 9.10. The lowest BCUT2D eigenvalue weighted by Gasteiger charge is -1.93. The van der Waals surface area contributed by atoms with Crippen LogP contribution in [0.5, 0.6) is 0 Å². The number of allylic oxidation sites excluding steroid dienone is 2. The lowest BCUT2D eigenvalue weighted by Crippen LogP contribution is -1.73. The Hall–Kier alpha value is -0.520. The Labute approximate surface area is 208 Å². The molecular weight excluding hydrogens is 384 g/mol. The number of unbranched alkanes of at least 4 members (excludes halogenated alkanes) is 18. The third-order valence-corrected chi connectivity index (χ3v) is 5.44. The van der Waals surface area contributed by atoms with Gasteiger partial charge in [-0.1, -0.05) is 169 Å². The summed E-state index contributed by atoms with van der Waals surface area (Å²) < 4.78 is 0. The Morgan fingerprint density at radius 1 is 0.312 bits per heavy atom. The molecule has 0 aliphatic rings. The summed E-state index contributed by atoms with van der Waals surface area (Å²) in [4.78, 5) is 0. The van der Waals surface area contributed by atoms with Gasteiger partial charge in [0.05, 0.1) is 0 Å². The summed E-state index contributed by atoms with van der Waals surface area (Å²) in [5, 5.41) is 0.